The number of anilines is 1. The summed E-state index contributed by atoms with van der Waals surface area (Å²) in [4.78, 5) is 25.6. The maximum absolute atomic E-state index is 11.8. The van der Waals surface area contributed by atoms with Crippen LogP contribution in [0, 0.1) is 0 Å². The molecule has 0 unspecified atom stereocenters. The van der Waals surface area contributed by atoms with E-state index < -0.39 is 13.0 Å². The lowest BCUT2D eigenvalue weighted by Crippen LogP contribution is -2.30. The quantitative estimate of drug-likeness (QED) is 0.315. The van der Waals surface area contributed by atoms with Crippen LogP contribution in [0.4, 0.5) is 5.82 Å². The van der Waals surface area contributed by atoms with Crippen LogP contribution < -0.4 is 21.3 Å². The Balaban J connectivity index is 1.54. The lowest BCUT2D eigenvalue weighted by molar-refractivity contribution is 0.100. The summed E-state index contributed by atoms with van der Waals surface area (Å²) < 4.78 is 7.60. The highest BCUT2D eigenvalue weighted by atomic mass is 16.5. The van der Waals surface area contributed by atoms with Gasteiger partial charge >= 0.3 is 7.12 Å². The third kappa shape index (κ3) is 3.99. The lowest BCUT2D eigenvalue weighted by atomic mass is 9.80. The molecule has 4 heterocycles. The number of hydrogen-bond donors (Lipinski definition) is 4. The first-order chi connectivity index (χ1) is 16.0. The van der Waals surface area contributed by atoms with Gasteiger partial charge in [-0.1, -0.05) is 24.3 Å². The first kappa shape index (κ1) is 20.9. The number of nitrogens with two attached hydrogens (primary N) is 1. The molecule has 0 radical (unpaired) electrons. The number of benzene rings is 1. The van der Waals surface area contributed by atoms with Gasteiger partial charge in [-0.15, -0.1) is 0 Å². The van der Waals surface area contributed by atoms with E-state index in [0.29, 0.717) is 52.9 Å². The van der Waals surface area contributed by atoms with E-state index in [-0.39, 0.29) is 0 Å². The molecule has 33 heavy (non-hydrogen) atoms. The van der Waals surface area contributed by atoms with Crippen molar-refractivity contribution in [3.05, 3.63) is 65.6 Å². The van der Waals surface area contributed by atoms with Crippen molar-refractivity contribution in [1.29, 1.82) is 0 Å². The van der Waals surface area contributed by atoms with Crippen molar-refractivity contribution in [1.82, 2.24) is 19.4 Å². The number of aromatic nitrogens is 4. The smallest absolute Gasteiger partial charge is 0.488 e. The minimum atomic E-state index is -1.54. The molecule has 5 rings (SSSR count). The normalized spacial score (nSPS) is 12.8. The molecule has 3 aromatic heterocycles. The van der Waals surface area contributed by atoms with E-state index in [2.05, 4.69) is 15.3 Å². The molecule has 0 saturated carbocycles. The molecule has 0 atom stereocenters. The summed E-state index contributed by atoms with van der Waals surface area (Å²) in [6, 6.07) is 10.4. The molecular formula is C22H21BN6O4. The topological polar surface area (TPSA) is 148 Å². The Bertz CT molecular complexity index is 1360. The second kappa shape index (κ2) is 8.53. The third-order valence-electron chi connectivity index (χ3n) is 5.49. The fraction of sp³-hybridized carbons (Fsp3) is 0.182. The Kier molecular flexibility index (Phi) is 5.41. The third-order valence-corrected chi connectivity index (χ3v) is 5.49. The SMILES string of the molecule is NC(=O)c1cccn2c(-c3nc4c(c(NCc5cccc(B(O)O)c5)n3)OCCC4)ncc12. The van der Waals surface area contributed by atoms with Crippen molar-refractivity contribution in [2.24, 2.45) is 5.73 Å². The molecule has 166 valence electrons. The van der Waals surface area contributed by atoms with Crippen LogP contribution in [0.3, 0.4) is 0 Å². The Morgan fingerprint density at radius 1 is 1.24 bits per heavy atom. The van der Waals surface area contributed by atoms with Gasteiger partial charge in [0.1, 0.15) is 0 Å². The van der Waals surface area contributed by atoms with E-state index in [4.69, 9.17) is 15.5 Å². The Labute approximate surface area is 189 Å². The van der Waals surface area contributed by atoms with Crippen molar-refractivity contribution >= 4 is 29.8 Å². The van der Waals surface area contributed by atoms with Crippen LogP contribution in [0.15, 0.2) is 48.8 Å². The molecule has 0 fully saturated rings. The van der Waals surface area contributed by atoms with E-state index in [1.54, 1.807) is 47.1 Å². The number of aryl methyl sites for hydroxylation is 1. The number of hydrogen-bond acceptors (Lipinski definition) is 8. The summed E-state index contributed by atoms with van der Waals surface area (Å²) in [5.41, 5.74) is 8.47. The monoisotopic (exact) mass is 444 g/mol. The number of amides is 1. The minimum Gasteiger partial charge on any atom is -0.488 e. The van der Waals surface area contributed by atoms with Gasteiger partial charge < -0.3 is 25.8 Å². The van der Waals surface area contributed by atoms with Gasteiger partial charge in [0.2, 0.25) is 0 Å². The van der Waals surface area contributed by atoms with Gasteiger partial charge in [0, 0.05) is 12.7 Å². The van der Waals surface area contributed by atoms with Gasteiger partial charge in [-0.3, -0.25) is 9.20 Å². The average Bonchev–Trinajstić information content (AvgIpc) is 3.26. The van der Waals surface area contributed by atoms with Crippen LogP contribution in [-0.2, 0) is 13.0 Å². The largest absolute Gasteiger partial charge is 0.488 e. The highest BCUT2D eigenvalue weighted by Crippen LogP contribution is 2.33. The number of rotatable bonds is 6. The molecular weight excluding hydrogens is 423 g/mol. The summed E-state index contributed by atoms with van der Waals surface area (Å²) in [5.74, 6) is 1.46. The standard InChI is InChI=1S/C22H21BN6O4/c24-19(30)15-6-2-8-29-17(15)12-26-22(29)21-27-16-7-3-9-33-18(16)20(28-21)25-11-13-4-1-5-14(10-13)23(31)32/h1-2,4-6,8,10,12,31-32H,3,7,9,11H2,(H2,24,30)(H,25,27,28). The maximum atomic E-state index is 11.8. The summed E-state index contributed by atoms with van der Waals surface area (Å²) in [7, 11) is -1.54. The second-order valence-corrected chi connectivity index (χ2v) is 7.72. The number of carbonyl (C=O) groups is 1. The molecule has 10 nitrogen and oxygen atoms in total. The van der Waals surface area contributed by atoms with E-state index >= 15 is 0 Å². The minimum absolute atomic E-state index is 0.363. The lowest BCUT2D eigenvalue weighted by Gasteiger charge is -2.20. The van der Waals surface area contributed by atoms with Gasteiger partial charge in [0.05, 0.1) is 29.6 Å². The summed E-state index contributed by atoms with van der Waals surface area (Å²) in [5, 5.41) is 22.1. The van der Waals surface area contributed by atoms with E-state index in [0.717, 1.165) is 24.1 Å². The predicted octanol–water partition coefficient (Wildman–Crippen LogP) is 0.507. The van der Waals surface area contributed by atoms with Gasteiger partial charge in [0.15, 0.2) is 23.2 Å². The summed E-state index contributed by atoms with van der Waals surface area (Å²) in [6.45, 7) is 0.964. The van der Waals surface area contributed by atoms with E-state index in [1.165, 1.54) is 0 Å². The predicted molar refractivity (Wildman–Crippen MR) is 122 cm³/mol. The first-order valence-corrected chi connectivity index (χ1v) is 10.5. The summed E-state index contributed by atoms with van der Waals surface area (Å²) in [6.07, 6.45) is 4.94. The Morgan fingerprint density at radius 2 is 2.12 bits per heavy atom. The van der Waals surface area contributed by atoms with Crippen LogP contribution in [0.5, 0.6) is 5.75 Å². The van der Waals surface area contributed by atoms with Crippen molar-refractivity contribution in [3.8, 4) is 17.4 Å². The molecule has 11 heteroatoms. The molecule has 0 aliphatic carbocycles. The van der Waals surface area contributed by atoms with Crippen LogP contribution in [0.2, 0.25) is 0 Å². The molecule has 1 aromatic carbocycles. The van der Waals surface area contributed by atoms with E-state index in [1.807, 2.05) is 6.07 Å². The van der Waals surface area contributed by atoms with Gasteiger partial charge in [-0.05, 0) is 36.0 Å². The van der Waals surface area contributed by atoms with E-state index in [9.17, 15) is 14.8 Å². The molecule has 4 aromatic rings. The van der Waals surface area contributed by atoms with Crippen molar-refractivity contribution in [2.75, 3.05) is 11.9 Å². The van der Waals surface area contributed by atoms with Crippen LogP contribution >= 0.6 is 0 Å². The Hall–Kier alpha value is -3.96. The number of carbonyl (C=O) groups excluding carboxylic acids is 1. The fourth-order valence-electron chi connectivity index (χ4n) is 3.90. The number of nitrogens with one attached hydrogen (secondary N) is 1. The van der Waals surface area contributed by atoms with Gasteiger partial charge in [-0.2, -0.15) is 0 Å². The molecule has 0 bridgehead atoms. The second-order valence-electron chi connectivity index (χ2n) is 7.72. The number of pyridine rings is 1. The number of ether oxygens (including phenoxy) is 1. The molecule has 0 spiro atoms. The van der Waals surface area contributed by atoms with Crippen LogP contribution in [0.1, 0.15) is 28.0 Å². The molecule has 0 saturated heterocycles. The zero-order valence-corrected chi connectivity index (χ0v) is 17.6. The van der Waals surface area contributed by atoms with Crippen molar-refractivity contribution in [3.63, 3.8) is 0 Å². The van der Waals surface area contributed by atoms with Crippen molar-refractivity contribution < 1.29 is 19.6 Å². The number of primary amides is 1. The molecule has 1 aliphatic rings. The summed E-state index contributed by atoms with van der Waals surface area (Å²) >= 11 is 0. The van der Waals surface area contributed by atoms with Gasteiger partial charge in [-0.25, -0.2) is 15.0 Å². The van der Waals surface area contributed by atoms with Crippen LogP contribution in [0.25, 0.3) is 17.2 Å². The molecule has 5 N–H and O–H groups in total. The number of fused-ring (bicyclic) bond motifs is 2. The number of nitrogens with zero attached hydrogens (tertiary/aromatic N) is 4. The van der Waals surface area contributed by atoms with Crippen molar-refractivity contribution in [2.45, 2.75) is 19.4 Å². The highest BCUT2D eigenvalue weighted by Gasteiger charge is 2.22. The maximum Gasteiger partial charge on any atom is 0.488 e. The van der Waals surface area contributed by atoms with Crippen LogP contribution in [-0.4, -0.2) is 49.0 Å². The first-order valence-electron chi connectivity index (χ1n) is 10.5. The zero-order chi connectivity index (χ0) is 22.9. The number of imidazole rings is 1. The highest BCUT2D eigenvalue weighted by molar-refractivity contribution is 6.58. The van der Waals surface area contributed by atoms with Gasteiger partial charge in [0.25, 0.3) is 5.91 Å². The average molecular weight is 444 g/mol. The molecule has 1 aliphatic heterocycles. The Morgan fingerprint density at radius 3 is 2.94 bits per heavy atom. The zero-order valence-electron chi connectivity index (χ0n) is 17.6. The molecule has 1 amide bonds. The fourth-order valence-corrected chi connectivity index (χ4v) is 3.90.